The molecule has 1 fully saturated rings. The zero-order valence-electron chi connectivity index (χ0n) is 18.3. The van der Waals surface area contributed by atoms with Gasteiger partial charge >= 0.3 is 0 Å². The van der Waals surface area contributed by atoms with Crippen LogP contribution in [0.1, 0.15) is 35.8 Å². The Bertz CT molecular complexity index is 1050. The van der Waals surface area contributed by atoms with E-state index in [1.54, 1.807) is 14.2 Å². The fourth-order valence-electron chi connectivity index (χ4n) is 4.21. The van der Waals surface area contributed by atoms with Gasteiger partial charge in [0.25, 0.3) is 0 Å². The molecule has 160 valence electrons. The molecule has 5 nitrogen and oxygen atoms in total. The van der Waals surface area contributed by atoms with Crippen molar-refractivity contribution < 1.29 is 14.3 Å². The van der Waals surface area contributed by atoms with Crippen molar-refractivity contribution in [1.82, 2.24) is 9.88 Å². The molecule has 0 spiro atoms. The Balaban J connectivity index is 1.55. The molecule has 1 aliphatic rings. The number of hydrogen-bond acceptors (Lipinski definition) is 4. The Hall–Kier alpha value is -3.34. The van der Waals surface area contributed by atoms with Crippen LogP contribution in [0.2, 0.25) is 0 Å². The quantitative estimate of drug-likeness (QED) is 0.569. The summed E-state index contributed by atoms with van der Waals surface area (Å²) in [7, 11) is 3.31. The van der Waals surface area contributed by atoms with Crippen LogP contribution < -0.4 is 9.47 Å². The maximum absolute atomic E-state index is 13.1. The van der Waals surface area contributed by atoms with E-state index in [1.807, 2.05) is 48.2 Å². The first-order chi connectivity index (χ1) is 15.1. The molecule has 1 aromatic heterocycles. The first-order valence-corrected chi connectivity index (χ1v) is 10.6. The molecule has 1 aliphatic heterocycles. The van der Waals surface area contributed by atoms with Crippen LogP contribution in [0.15, 0.2) is 60.7 Å². The van der Waals surface area contributed by atoms with Crippen molar-refractivity contribution in [1.29, 1.82) is 0 Å². The second-order valence-electron chi connectivity index (χ2n) is 7.92. The number of carbonyl (C=O) groups excluding carboxylic acids is 1. The number of carbonyl (C=O) groups is 1. The zero-order chi connectivity index (χ0) is 21.8. The van der Waals surface area contributed by atoms with Gasteiger partial charge in [0, 0.05) is 12.2 Å². The van der Waals surface area contributed by atoms with Crippen molar-refractivity contribution in [3.63, 3.8) is 0 Å². The predicted molar refractivity (Wildman–Crippen MR) is 121 cm³/mol. The highest BCUT2D eigenvalue weighted by atomic mass is 16.5. The Morgan fingerprint density at radius 3 is 2.26 bits per heavy atom. The summed E-state index contributed by atoms with van der Waals surface area (Å²) in [5.74, 6) is 1.77. The van der Waals surface area contributed by atoms with E-state index in [1.165, 1.54) is 0 Å². The maximum atomic E-state index is 13.1. The van der Waals surface area contributed by atoms with Gasteiger partial charge in [0.2, 0.25) is 5.91 Å². The molecule has 0 N–H and O–H groups in total. The highest BCUT2D eigenvalue weighted by Gasteiger charge is 2.31. The number of methoxy groups -OCH3 is 2. The van der Waals surface area contributed by atoms with Crippen molar-refractivity contribution >= 4 is 5.91 Å². The highest BCUT2D eigenvalue weighted by molar-refractivity contribution is 5.79. The van der Waals surface area contributed by atoms with Crippen LogP contribution in [-0.2, 0) is 11.2 Å². The lowest BCUT2D eigenvalue weighted by atomic mass is 10.0. The average Bonchev–Trinajstić information content (AvgIpc) is 3.29. The normalized spacial score (nSPS) is 15.7. The number of pyridine rings is 1. The van der Waals surface area contributed by atoms with Crippen molar-refractivity contribution in [3.8, 4) is 22.6 Å². The number of aryl methyl sites for hydroxylation is 1. The van der Waals surface area contributed by atoms with Crippen LogP contribution in [0.25, 0.3) is 11.1 Å². The van der Waals surface area contributed by atoms with Gasteiger partial charge in [-0.3, -0.25) is 9.78 Å². The Kier molecular flexibility index (Phi) is 6.21. The van der Waals surface area contributed by atoms with Crippen molar-refractivity contribution in [2.75, 3.05) is 20.8 Å². The van der Waals surface area contributed by atoms with Crippen molar-refractivity contribution in [2.45, 2.75) is 32.2 Å². The number of hydrogen-bond donors (Lipinski definition) is 0. The third-order valence-electron chi connectivity index (χ3n) is 5.83. The summed E-state index contributed by atoms with van der Waals surface area (Å²) in [5, 5.41) is 0. The maximum Gasteiger partial charge on any atom is 0.227 e. The topological polar surface area (TPSA) is 51.7 Å². The van der Waals surface area contributed by atoms with Gasteiger partial charge in [-0.05, 0) is 72.9 Å². The molecule has 5 heteroatoms. The van der Waals surface area contributed by atoms with E-state index in [2.05, 4.69) is 24.3 Å². The second-order valence-corrected chi connectivity index (χ2v) is 7.92. The SMILES string of the molecule is COc1ccc(CC(=O)N2CCCC2c2cc(-c3ccc(OC)cc3)cc(C)n2)cc1. The first-order valence-electron chi connectivity index (χ1n) is 10.6. The Labute approximate surface area is 183 Å². The number of amides is 1. The van der Waals surface area contributed by atoms with Gasteiger partial charge in [0.15, 0.2) is 0 Å². The summed E-state index contributed by atoms with van der Waals surface area (Å²) < 4.78 is 10.5. The van der Waals surface area contributed by atoms with Gasteiger partial charge in [-0.25, -0.2) is 0 Å². The van der Waals surface area contributed by atoms with Crippen molar-refractivity contribution in [3.05, 3.63) is 77.6 Å². The van der Waals surface area contributed by atoms with E-state index in [4.69, 9.17) is 14.5 Å². The summed E-state index contributed by atoms with van der Waals surface area (Å²) >= 11 is 0. The summed E-state index contributed by atoms with van der Waals surface area (Å²) in [5.41, 5.74) is 5.14. The Morgan fingerprint density at radius 2 is 1.61 bits per heavy atom. The minimum absolute atomic E-state index is 0.0163. The number of likely N-dealkylation sites (tertiary alicyclic amines) is 1. The van der Waals surface area contributed by atoms with Gasteiger partial charge in [-0.1, -0.05) is 24.3 Å². The molecule has 2 heterocycles. The van der Waals surface area contributed by atoms with E-state index < -0.39 is 0 Å². The van der Waals surface area contributed by atoms with Gasteiger partial charge in [0.1, 0.15) is 11.5 Å². The molecule has 0 saturated carbocycles. The molecule has 1 saturated heterocycles. The van der Waals surface area contributed by atoms with Crippen LogP contribution in [0.5, 0.6) is 11.5 Å². The molecule has 0 radical (unpaired) electrons. The lowest BCUT2D eigenvalue weighted by Crippen LogP contribution is -2.32. The zero-order valence-corrected chi connectivity index (χ0v) is 18.3. The molecule has 0 aliphatic carbocycles. The molecule has 2 aromatic carbocycles. The van der Waals surface area contributed by atoms with Gasteiger partial charge < -0.3 is 14.4 Å². The molecule has 3 aromatic rings. The minimum atomic E-state index is 0.0163. The minimum Gasteiger partial charge on any atom is -0.497 e. The molecule has 1 unspecified atom stereocenters. The fourth-order valence-corrected chi connectivity index (χ4v) is 4.21. The average molecular weight is 417 g/mol. The van der Waals surface area contributed by atoms with Crippen LogP contribution in [0.3, 0.4) is 0 Å². The summed E-state index contributed by atoms with van der Waals surface area (Å²) in [6, 6.07) is 20.0. The van der Waals surface area contributed by atoms with Crippen LogP contribution in [0, 0.1) is 6.92 Å². The number of ether oxygens (including phenoxy) is 2. The third-order valence-corrected chi connectivity index (χ3v) is 5.83. The number of aromatic nitrogens is 1. The fraction of sp³-hybridized carbons (Fsp3) is 0.308. The van der Waals surface area contributed by atoms with Crippen molar-refractivity contribution in [2.24, 2.45) is 0 Å². The highest BCUT2D eigenvalue weighted by Crippen LogP contribution is 2.34. The summed E-state index contributed by atoms with van der Waals surface area (Å²) in [4.78, 5) is 19.9. The molecule has 1 atom stereocenters. The van der Waals surface area contributed by atoms with Gasteiger partial charge in [-0.2, -0.15) is 0 Å². The molecule has 0 bridgehead atoms. The molecule has 4 rings (SSSR count). The number of rotatable bonds is 6. The molecular weight excluding hydrogens is 388 g/mol. The summed E-state index contributed by atoms with van der Waals surface area (Å²) in [6.07, 6.45) is 2.32. The smallest absolute Gasteiger partial charge is 0.227 e. The lowest BCUT2D eigenvalue weighted by Gasteiger charge is -2.25. The summed E-state index contributed by atoms with van der Waals surface area (Å²) in [6.45, 7) is 2.78. The lowest BCUT2D eigenvalue weighted by molar-refractivity contribution is -0.131. The standard InChI is InChI=1S/C26H28N2O3/c1-18-15-21(20-8-12-23(31-3)13-9-20)17-24(27-18)25-5-4-14-28(25)26(29)16-19-6-10-22(30-2)11-7-19/h6-13,15,17,25H,4-5,14,16H2,1-3H3. The van der Waals surface area contributed by atoms with E-state index in [0.717, 1.165) is 59.0 Å². The third kappa shape index (κ3) is 4.71. The van der Waals surface area contributed by atoms with E-state index in [0.29, 0.717) is 6.42 Å². The molecular formula is C26H28N2O3. The molecule has 1 amide bonds. The van der Waals surface area contributed by atoms with Crippen LogP contribution in [-0.4, -0.2) is 36.6 Å². The monoisotopic (exact) mass is 416 g/mol. The van der Waals surface area contributed by atoms with Gasteiger partial charge in [-0.15, -0.1) is 0 Å². The Morgan fingerprint density at radius 1 is 0.968 bits per heavy atom. The number of nitrogens with zero attached hydrogens (tertiary/aromatic N) is 2. The van der Waals surface area contributed by atoms with Crippen LogP contribution >= 0.6 is 0 Å². The first kappa shape index (κ1) is 20.9. The largest absolute Gasteiger partial charge is 0.497 e. The second kappa shape index (κ2) is 9.21. The van der Waals surface area contributed by atoms with E-state index in [-0.39, 0.29) is 11.9 Å². The van der Waals surface area contributed by atoms with Gasteiger partial charge in [0.05, 0.1) is 32.4 Å². The number of benzene rings is 2. The van der Waals surface area contributed by atoms with E-state index >= 15 is 0 Å². The predicted octanol–water partition coefficient (Wildman–Crippen LogP) is 4.98. The van der Waals surface area contributed by atoms with Crippen LogP contribution in [0.4, 0.5) is 0 Å². The van der Waals surface area contributed by atoms with E-state index in [9.17, 15) is 4.79 Å². The molecule has 31 heavy (non-hydrogen) atoms.